The Morgan fingerprint density at radius 1 is 1.05 bits per heavy atom. The standard InChI is InChI=1S/C14H25N3O3/c1-3-10(15-4-2)5-11-7-17-12(8-16-11)6-13(19)14(20)9-18/h7-8,10,13-15,18-20H,3-6,9H2,1-2H3/t10-,13+,14-/m1/s1. The van der Waals surface area contributed by atoms with Gasteiger partial charge in [-0.05, 0) is 13.0 Å². The number of aliphatic hydroxyl groups is 3. The molecule has 0 aliphatic rings. The number of aliphatic hydroxyl groups excluding tert-OH is 3. The minimum absolute atomic E-state index is 0.180. The van der Waals surface area contributed by atoms with Crippen molar-refractivity contribution in [1.29, 1.82) is 0 Å². The maximum Gasteiger partial charge on any atom is 0.103 e. The Labute approximate surface area is 119 Å². The number of rotatable bonds is 9. The molecule has 0 saturated carbocycles. The van der Waals surface area contributed by atoms with Gasteiger partial charge >= 0.3 is 0 Å². The summed E-state index contributed by atoms with van der Waals surface area (Å²) in [7, 11) is 0. The Morgan fingerprint density at radius 3 is 2.10 bits per heavy atom. The van der Waals surface area contributed by atoms with Crippen LogP contribution in [0.3, 0.4) is 0 Å². The van der Waals surface area contributed by atoms with Crippen LogP contribution in [-0.2, 0) is 12.8 Å². The van der Waals surface area contributed by atoms with Crippen molar-refractivity contribution < 1.29 is 15.3 Å². The molecule has 0 unspecified atom stereocenters. The monoisotopic (exact) mass is 283 g/mol. The number of hydrogen-bond acceptors (Lipinski definition) is 6. The number of likely N-dealkylation sites (N-methyl/N-ethyl adjacent to an activating group) is 1. The van der Waals surface area contributed by atoms with Crippen LogP contribution in [0.25, 0.3) is 0 Å². The first-order chi connectivity index (χ1) is 9.60. The Hall–Kier alpha value is -1.08. The lowest BCUT2D eigenvalue weighted by Gasteiger charge is -2.16. The maximum absolute atomic E-state index is 9.61. The molecular weight excluding hydrogens is 258 g/mol. The lowest BCUT2D eigenvalue weighted by Crippen LogP contribution is -2.31. The highest BCUT2D eigenvalue weighted by Gasteiger charge is 2.16. The van der Waals surface area contributed by atoms with E-state index in [9.17, 15) is 10.2 Å². The lowest BCUT2D eigenvalue weighted by molar-refractivity contribution is -0.0137. The van der Waals surface area contributed by atoms with Crippen molar-refractivity contribution in [2.45, 2.75) is 51.4 Å². The zero-order valence-corrected chi connectivity index (χ0v) is 12.2. The van der Waals surface area contributed by atoms with E-state index >= 15 is 0 Å². The lowest BCUT2D eigenvalue weighted by atomic mass is 10.1. The fourth-order valence-electron chi connectivity index (χ4n) is 1.97. The van der Waals surface area contributed by atoms with Gasteiger partial charge in [-0.15, -0.1) is 0 Å². The van der Waals surface area contributed by atoms with Gasteiger partial charge in [-0.2, -0.15) is 0 Å². The normalized spacial score (nSPS) is 15.8. The van der Waals surface area contributed by atoms with Crippen molar-refractivity contribution in [2.24, 2.45) is 0 Å². The number of nitrogens with zero attached hydrogens (tertiary/aromatic N) is 2. The molecule has 1 heterocycles. The second-order valence-corrected chi connectivity index (χ2v) is 4.89. The highest BCUT2D eigenvalue weighted by molar-refractivity contribution is 5.05. The van der Waals surface area contributed by atoms with Crippen LogP contribution >= 0.6 is 0 Å². The molecule has 0 saturated heterocycles. The van der Waals surface area contributed by atoms with Crippen molar-refractivity contribution in [1.82, 2.24) is 15.3 Å². The van der Waals surface area contributed by atoms with Crippen molar-refractivity contribution in [3.05, 3.63) is 23.8 Å². The van der Waals surface area contributed by atoms with E-state index in [0.717, 1.165) is 25.1 Å². The minimum atomic E-state index is -1.14. The van der Waals surface area contributed by atoms with Gasteiger partial charge in [0.1, 0.15) is 6.10 Å². The van der Waals surface area contributed by atoms with Gasteiger partial charge in [0.15, 0.2) is 0 Å². The molecule has 0 fully saturated rings. The summed E-state index contributed by atoms with van der Waals surface area (Å²) >= 11 is 0. The Morgan fingerprint density at radius 2 is 1.65 bits per heavy atom. The van der Waals surface area contributed by atoms with E-state index in [4.69, 9.17) is 5.11 Å². The molecule has 0 radical (unpaired) electrons. The Bertz CT molecular complexity index is 349. The van der Waals surface area contributed by atoms with Gasteiger partial charge in [-0.1, -0.05) is 13.8 Å². The predicted molar refractivity (Wildman–Crippen MR) is 76.3 cm³/mol. The summed E-state index contributed by atoms with van der Waals surface area (Å²) in [6.07, 6.45) is 3.17. The SMILES string of the molecule is CCN[C@H](CC)Cc1cnc(C[C@H](O)[C@H](O)CO)cn1. The molecule has 0 aliphatic carbocycles. The van der Waals surface area contributed by atoms with Crippen molar-refractivity contribution in [3.8, 4) is 0 Å². The van der Waals surface area contributed by atoms with E-state index in [1.807, 2.05) is 0 Å². The molecule has 0 bridgehead atoms. The Balaban J connectivity index is 2.55. The minimum Gasteiger partial charge on any atom is -0.394 e. The first-order valence-electron chi connectivity index (χ1n) is 7.10. The fourth-order valence-corrected chi connectivity index (χ4v) is 1.97. The summed E-state index contributed by atoms with van der Waals surface area (Å²) in [6, 6.07) is 0.391. The molecule has 114 valence electrons. The number of nitrogens with one attached hydrogen (secondary N) is 1. The first kappa shape index (κ1) is 17.0. The highest BCUT2D eigenvalue weighted by Crippen LogP contribution is 2.06. The van der Waals surface area contributed by atoms with E-state index in [0.29, 0.717) is 11.7 Å². The zero-order chi connectivity index (χ0) is 15.0. The van der Waals surface area contributed by atoms with Crippen LogP contribution in [0.15, 0.2) is 12.4 Å². The molecule has 6 nitrogen and oxygen atoms in total. The van der Waals surface area contributed by atoms with Crippen molar-refractivity contribution in [2.75, 3.05) is 13.2 Å². The largest absolute Gasteiger partial charge is 0.394 e. The van der Waals surface area contributed by atoms with Gasteiger partial charge < -0.3 is 20.6 Å². The average Bonchev–Trinajstić information content (AvgIpc) is 2.47. The van der Waals surface area contributed by atoms with Crippen molar-refractivity contribution in [3.63, 3.8) is 0 Å². The molecular formula is C14H25N3O3. The number of hydrogen-bond donors (Lipinski definition) is 4. The van der Waals surface area contributed by atoms with E-state index < -0.39 is 18.8 Å². The summed E-state index contributed by atoms with van der Waals surface area (Å²) in [5.74, 6) is 0. The molecule has 1 aromatic rings. The van der Waals surface area contributed by atoms with Crippen LogP contribution in [0.1, 0.15) is 31.7 Å². The quantitative estimate of drug-likeness (QED) is 0.495. The smallest absolute Gasteiger partial charge is 0.103 e. The van der Waals surface area contributed by atoms with Gasteiger partial charge in [-0.25, -0.2) is 0 Å². The molecule has 1 aromatic heterocycles. The van der Waals surface area contributed by atoms with Crippen LogP contribution in [0.4, 0.5) is 0 Å². The summed E-state index contributed by atoms with van der Waals surface area (Å²) in [4.78, 5) is 8.57. The molecule has 3 atom stereocenters. The van der Waals surface area contributed by atoms with Crippen LogP contribution in [0.2, 0.25) is 0 Å². The Kier molecular flexibility index (Phi) is 7.61. The fraction of sp³-hybridized carbons (Fsp3) is 0.714. The maximum atomic E-state index is 9.61. The third-order valence-electron chi connectivity index (χ3n) is 3.25. The van der Waals surface area contributed by atoms with Crippen LogP contribution in [0, 0.1) is 0 Å². The molecule has 4 N–H and O–H groups in total. The van der Waals surface area contributed by atoms with Crippen LogP contribution < -0.4 is 5.32 Å². The van der Waals surface area contributed by atoms with E-state index in [1.165, 1.54) is 0 Å². The summed E-state index contributed by atoms with van der Waals surface area (Å²) < 4.78 is 0. The van der Waals surface area contributed by atoms with Gasteiger partial charge in [0.2, 0.25) is 0 Å². The molecule has 1 rings (SSSR count). The van der Waals surface area contributed by atoms with Gasteiger partial charge in [-0.3, -0.25) is 9.97 Å². The first-order valence-corrected chi connectivity index (χ1v) is 7.10. The second kappa shape index (κ2) is 8.97. The molecule has 0 aromatic carbocycles. The van der Waals surface area contributed by atoms with Crippen molar-refractivity contribution >= 4 is 0 Å². The van der Waals surface area contributed by atoms with E-state index in [-0.39, 0.29) is 6.42 Å². The van der Waals surface area contributed by atoms with Crippen LogP contribution in [0.5, 0.6) is 0 Å². The zero-order valence-electron chi connectivity index (χ0n) is 12.2. The van der Waals surface area contributed by atoms with Gasteiger partial charge in [0.25, 0.3) is 0 Å². The summed E-state index contributed by atoms with van der Waals surface area (Å²) in [5.41, 5.74) is 1.50. The van der Waals surface area contributed by atoms with Gasteiger partial charge in [0.05, 0.1) is 24.1 Å². The van der Waals surface area contributed by atoms with Gasteiger partial charge in [0, 0.05) is 31.3 Å². The molecule has 0 amide bonds. The second-order valence-electron chi connectivity index (χ2n) is 4.89. The molecule has 20 heavy (non-hydrogen) atoms. The van der Waals surface area contributed by atoms with Crippen LogP contribution in [-0.4, -0.2) is 56.7 Å². The number of aromatic nitrogens is 2. The third kappa shape index (κ3) is 5.50. The molecule has 6 heteroatoms. The summed E-state index contributed by atoms with van der Waals surface area (Å²) in [5, 5.41) is 31.0. The topological polar surface area (TPSA) is 98.5 Å². The molecule has 0 aliphatic heterocycles. The molecule has 0 spiro atoms. The average molecular weight is 283 g/mol. The summed E-state index contributed by atoms with van der Waals surface area (Å²) in [6.45, 7) is 4.66. The van der Waals surface area contributed by atoms with E-state index in [1.54, 1.807) is 12.4 Å². The predicted octanol–water partition coefficient (Wildman–Crippen LogP) is -0.336. The third-order valence-corrected chi connectivity index (χ3v) is 3.25. The van der Waals surface area contributed by atoms with E-state index in [2.05, 4.69) is 29.1 Å². The highest BCUT2D eigenvalue weighted by atomic mass is 16.4.